The fraction of sp³-hybridized carbons (Fsp3) is 0.727. The summed E-state index contributed by atoms with van der Waals surface area (Å²) in [5, 5.41) is 3.45. The summed E-state index contributed by atoms with van der Waals surface area (Å²) in [6.45, 7) is 3.26. The van der Waals surface area contributed by atoms with Crippen LogP contribution < -0.4 is 5.32 Å². The zero-order chi connectivity index (χ0) is 10.8. The lowest BCUT2D eigenvalue weighted by molar-refractivity contribution is 0.338. The van der Waals surface area contributed by atoms with Crippen LogP contribution in [-0.2, 0) is 0 Å². The van der Waals surface area contributed by atoms with Crippen LogP contribution in [0.1, 0.15) is 25.8 Å². The Morgan fingerprint density at radius 3 is 2.93 bits per heavy atom. The molecule has 1 unspecified atom stereocenters. The maximum atomic E-state index is 4.36. The number of likely N-dealkylation sites (N-methyl/N-ethyl adjacent to an activating group) is 1. The van der Waals surface area contributed by atoms with E-state index in [1.807, 2.05) is 6.20 Å². The number of hydrogen-bond donors (Lipinski definition) is 1. The van der Waals surface area contributed by atoms with Crippen molar-refractivity contribution in [3.05, 3.63) is 12.4 Å². The van der Waals surface area contributed by atoms with Gasteiger partial charge >= 0.3 is 0 Å². The van der Waals surface area contributed by atoms with Crippen molar-refractivity contribution in [1.82, 2.24) is 14.5 Å². The van der Waals surface area contributed by atoms with Crippen LogP contribution in [0.4, 0.5) is 5.95 Å². The highest BCUT2D eigenvalue weighted by molar-refractivity contribution is 5.30. The molecule has 4 heteroatoms. The summed E-state index contributed by atoms with van der Waals surface area (Å²) in [7, 11) is 4.20. The van der Waals surface area contributed by atoms with E-state index in [0.29, 0.717) is 12.1 Å². The summed E-state index contributed by atoms with van der Waals surface area (Å²) in [5.74, 6) is 1.02. The van der Waals surface area contributed by atoms with Gasteiger partial charge in [-0.15, -0.1) is 0 Å². The van der Waals surface area contributed by atoms with Crippen molar-refractivity contribution in [2.24, 2.45) is 0 Å². The van der Waals surface area contributed by atoms with E-state index in [4.69, 9.17) is 0 Å². The van der Waals surface area contributed by atoms with E-state index in [9.17, 15) is 0 Å². The molecular weight excluding hydrogens is 188 g/mol. The van der Waals surface area contributed by atoms with Gasteiger partial charge in [0.25, 0.3) is 0 Å². The molecule has 2 rings (SSSR count). The summed E-state index contributed by atoms with van der Waals surface area (Å²) in [6, 6.07) is 1.13. The average Bonchev–Trinajstić information content (AvgIpc) is 2.80. The second kappa shape index (κ2) is 4.23. The second-order valence-electron chi connectivity index (χ2n) is 4.69. The molecule has 0 aliphatic heterocycles. The van der Waals surface area contributed by atoms with E-state index in [2.05, 4.69) is 47.0 Å². The molecule has 1 aromatic rings. The normalized spacial score (nSPS) is 18.1. The molecule has 0 aromatic carbocycles. The molecule has 1 saturated carbocycles. The summed E-state index contributed by atoms with van der Waals surface area (Å²) in [5.41, 5.74) is 0. The molecule has 1 heterocycles. The van der Waals surface area contributed by atoms with Crippen molar-refractivity contribution in [3.63, 3.8) is 0 Å². The number of hydrogen-bond acceptors (Lipinski definition) is 3. The van der Waals surface area contributed by atoms with Gasteiger partial charge in [-0.05, 0) is 33.9 Å². The Kier molecular flexibility index (Phi) is 2.95. The first-order chi connectivity index (χ1) is 7.16. The summed E-state index contributed by atoms with van der Waals surface area (Å²) >= 11 is 0. The average molecular weight is 208 g/mol. The van der Waals surface area contributed by atoms with Gasteiger partial charge in [0.1, 0.15) is 0 Å². The van der Waals surface area contributed by atoms with Crippen molar-refractivity contribution >= 4 is 5.95 Å². The number of anilines is 1. The number of nitrogens with zero attached hydrogens (tertiary/aromatic N) is 3. The Morgan fingerprint density at radius 2 is 2.33 bits per heavy atom. The zero-order valence-corrected chi connectivity index (χ0v) is 9.77. The minimum atomic E-state index is 0.462. The first-order valence-corrected chi connectivity index (χ1v) is 5.61. The molecule has 0 amide bonds. The second-order valence-corrected chi connectivity index (χ2v) is 4.69. The molecule has 0 saturated heterocycles. The molecule has 1 aliphatic carbocycles. The third kappa shape index (κ3) is 2.72. The van der Waals surface area contributed by atoms with Crippen LogP contribution in [0.15, 0.2) is 12.4 Å². The maximum absolute atomic E-state index is 4.36. The number of aromatic nitrogens is 2. The van der Waals surface area contributed by atoms with Gasteiger partial charge in [-0.1, -0.05) is 0 Å². The Labute approximate surface area is 91.3 Å². The SMILES string of the molecule is CC(CN(C)C)n1ccnc1NC1CC1. The first-order valence-electron chi connectivity index (χ1n) is 5.61. The molecule has 0 spiro atoms. The van der Waals surface area contributed by atoms with Crippen LogP contribution >= 0.6 is 0 Å². The van der Waals surface area contributed by atoms with Crippen molar-refractivity contribution in [1.29, 1.82) is 0 Å². The van der Waals surface area contributed by atoms with E-state index in [0.717, 1.165) is 12.5 Å². The molecule has 4 nitrogen and oxygen atoms in total. The van der Waals surface area contributed by atoms with Crippen LogP contribution in [-0.4, -0.2) is 41.1 Å². The smallest absolute Gasteiger partial charge is 0.203 e. The highest BCUT2D eigenvalue weighted by Crippen LogP contribution is 2.25. The highest BCUT2D eigenvalue weighted by Gasteiger charge is 2.23. The zero-order valence-electron chi connectivity index (χ0n) is 9.77. The Bertz CT molecular complexity index is 314. The standard InChI is InChI=1S/C11H20N4/c1-9(8-14(2)3)15-7-6-12-11(15)13-10-4-5-10/h6-7,9-10H,4-5,8H2,1-3H3,(H,12,13). The lowest BCUT2D eigenvalue weighted by atomic mass is 10.3. The minimum Gasteiger partial charge on any atom is -0.353 e. The van der Waals surface area contributed by atoms with Crippen molar-refractivity contribution < 1.29 is 0 Å². The van der Waals surface area contributed by atoms with Gasteiger partial charge in [0, 0.05) is 31.0 Å². The Morgan fingerprint density at radius 1 is 1.60 bits per heavy atom. The molecule has 1 fully saturated rings. The molecule has 0 radical (unpaired) electrons. The number of imidazole rings is 1. The topological polar surface area (TPSA) is 33.1 Å². The van der Waals surface area contributed by atoms with Crippen LogP contribution in [0.2, 0.25) is 0 Å². The van der Waals surface area contributed by atoms with Crippen molar-refractivity contribution in [3.8, 4) is 0 Å². The van der Waals surface area contributed by atoms with Crippen LogP contribution in [0, 0.1) is 0 Å². The van der Waals surface area contributed by atoms with Gasteiger partial charge in [-0.3, -0.25) is 0 Å². The van der Waals surface area contributed by atoms with Crippen LogP contribution in [0.25, 0.3) is 0 Å². The van der Waals surface area contributed by atoms with Gasteiger partial charge in [-0.25, -0.2) is 4.98 Å². The molecule has 1 N–H and O–H groups in total. The largest absolute Gasteiger partial charge is 0.353 e. The lowest BCUT2D eigenvalue weighted by Gasteiger charge is -2.20. The Hall–Kier alpha value is -1.03. The van der Waals surface area contributed by atoms with E-state index in [1.165, 1.54) is 12.8 Å². The van der Waals surface area contributed by atoms with Crippen LogP contribution in [0.3, 0.4) is 0 Å². The number of nitrogens with one attached hydrogen (secondary N) is 1. The molecule has 15 heavy (non-hydrogen) atoms. The van der Waals surface area contributed by atoms with Gasteiger partial charge in [-0.2, -0.15) is 0 Å². The lowest BCUT2D eigenvalue weighted by Crippen LogP contribution is -2.23. The van der Waals surface area contributed by atoms with Crippen LogP contribution in [0.5, 0.6) is 0 Å². The van der Waals surface area contributed by atoms with Gasteiger partial charge < -0.3 is 14.8 Å². The number of rotatable bonds is 5. The van der Waals surface area contributed by atoms with E-state index >= 15 is 0 Å². The molecule has 0 bridgehead atoms. The van der Waals surface area contributed by atoms with Crippen molar-refractivity contribution in [2.45, 2.75) is 31.8 Å². The minimum absolute atomic E-state index is 0.462. The fourth-order valence-corrected chi connectivity index (χ4v) is 1.81. The quantitative estimate of drug-likeness (QED) is 0.797. The predicted molar refractivity (Wildman–Crippen MR) is 62.1 cm³/mol. The summed E-state index contributed by atoms with van der Waals surface area (Å²) in [6.07, 6.45) is 6.50. The van der Waals surface area contributed by atoms with E-state index in [-0.39, 0.29) is 0 Å². The third-order valence-electron chi connectivity index (χ3n) is 2.68. The molecule has 84 valence electrons. The molecule has 1 aromatic heterocycles. The van der Waals surface area contributed by atoms with Gasteiger partial charge in [0.05, 0.1) is 0 Å². The Balaban J connectivity index is 2.01. The fourth-order valence-electron chi connectivity index (χ4n) is 1.81. The van der Waals surface area contributed by atoms with E-state index in [1.54, 1.807) is 0 Å². The molecule has 1 atom stereocenters. The summed E-state index contributed by atoms with van der Waals surface area (Å²) < 4.78 is 2.22. The van der Waals surface area contributed by atoms with E-state index < -0.39 is 0 Å². The third-order valence-corrected chi connectivity index (χ3v) is 2.68. The highest BCUT2D eigenvalue weighted by atomic mass is 15.2. The molecular formula is C11H20N4. The first kappa shape index (κ1) is 10.5. The monoisotopic (exact) mass is 208 g/mol. The van der Waals surface area contributed by atoms with Gasteiger partial charge in [0.2, 0.25) is 5.95 Å². The molecule has 1 aliphatic rings. The van der Waals surface area contributed by atoms with Gasteiger partial charge in [0.15, 0.2) is 0 Å². The van der Waals surface area contributed by atoms with Crippen molar-refractivity contribution in [2.75, 3.05) is 26.0 Å². The maximum Gasteiger partial charge on any atom is 0.203 e. The summed E-state index contributed by atoms with van der Waals surface area (Å²) in [4.78, 5) is 6.56. The predicted octanol–water partition coefficient (Wildman–Crippen LogP) is 1.58.